The van der Waals surface area contributed by atoms with E-state index in [9.17, 15) is 0 Å². The molecule has 4 fully saturated rings. The Morgan fingerprint density at radius 1 is 1.11 bits per heavy atom. The molecule has 2 saturated heterocycles. The van der Waals surface area contributed by atoms with E-state index in [1.807, 2.05) is 0 Å². The largest absolute Gasteiger partial charge is 0.373 e. The summed E-state index contributed by atoms with van der Waals surface area (Å²) in [4.78, 5) is 0. The highest BCUT2D eigenvalue weighted by atomic mass is 16.5. The number of rotatable bonds is 2. The third kappa shape index (κ3) is 1.42. The Labute approximate surface area is 111 Å². The second-order valence-electron chi connectivity index (χ2n) is 8.23. The summed E-state index contributed by atoms with van der Waals surface area (Å²) in [6.45, 7) is 7.51. The molecule has 2 heterocycles. The van der Waals surface area contributed by atoms with Gasteiger partial charge in [-0.3, -0.25) is 0 Å². The Kier molecular flexibility index (Phi) is 2.29. The molecule has 0 aromatic heterocycles. The molecule has 2 aliphatic heterocycles. The molecule has 2 saturated carbocycles. The second-order valence-corrected chi connectivity index (χ2v) is 8.23. The summed E-state index contributed by atoms with van der Waals surface area (Å²) >= 11 is 0. The minimum atomic E-state index is 0.481. The maximum atomic E-state index is 6.01. The fourth-order valence-electron chi connectivity index (χ4n) is 5.75. The molecule has 4 rings (SSSR count). The molecule has 18 heavy (non-hydrogen) atoms. The summed E-state index contributed by atoms with van der Waals surface area (Å²) in [7, 11) is 0. The van der Waals surface area contributed by atoms with Crippen molar-refractivity contribution in [1.82, 2.24) is 5.32 Å². The van der Waals surface area contributed by atoms with Gasteiger partial charge in [-0.15, -0.1) is 0 Å². The van der Waals surface area contributed by atoms with Crippen molar-refractivity contribution in [3.8, 4) is 0 Å². The van der Waals surface area contributed by atoms with Gasteiger partial charge >= 0.3 is 0 Å². The smallest absolute Gasteiger partial charge is 0.0733 e. The van der Waals surface area contributed by atoms with Gasteiger partial charge in [0.05, 0.1) is 12.2 Å². The van der Waals surface area contributed by atoms with Gasteiger partial charge in [0.2, 0.25) is 0 Å². The molecule has 2 aliphatic carbocycles. The summed E-state index contributed by atoms with van der Waals surface area (Å²) in [5.41, 5.74) is 1.03. The van der Waals surface area contributed by atoms with E-state index in [1.165, 1.54) is 38.5 Å². The fraction of sp³-hybridized carbons (Fsp3) is 1.00. The zero-order valence-electron chi connectivity index (χ0n) is 12.0. The highest BCUT2D eigenvalue weighted by Gasteiger charge is 2.60. The predicted molar refractivity (Wildman–Crippen MR) is 72.5 cm³/mol. The van der Waals surface area contributed by atoms with Crippen molar-refractivity contribution in [2.45, 2.75) is 83.6 Å². The van der Waals surface area contributed by atoms with Crippen molar-refractivity contribution in [2.75, 3.05) is 0 Å². The molecule has 0 amide bonds. The van der Waals surface area contributed by atoms with Crippen LogP contribution in [0.25, 0.3) is 0 Å². The van der Waals surface area contributed by atoms with Crippen molar-refractivity contribution < 1.29 is 4.74 Å². The van der Waals surface area contributed by atoms with E-state index < -0.39 is 0 Å². The van der Waals surface area contributed by atoms with Crippen LogP contribution in [-0.2, 0) is 4.74 Å². The van der Waals surface area contributed by atoms with E-state index in [4.69, 9.17) is 4.74 Å². The number of fused-ring (bicyclic) bond motifs is 4. The van der Waals surface area contributed by atoms with E-state index in [2.05, 4.69) is 26.1 Å². The third-order valence-corrected chi connectivity index (χ3v) is 6.76. The molecule has 4 unspecified atom stereocenters. The van der Waals surface area contributed by atoms with Gasteiger partial charge in [0.1, 0.15) is 0 Å². The topological polar surface area (TPSA) is 21.3 Å². The van der Waals surface area contributed by atoms with Crippen LogP contribution in [0.15, 0.2) is 0 Å². The maximum absolute atomic E-state index is 6.01. The molecule has 4 aliphatic rings. The van der Waals surface area contributed by atoms with Crippen LogP contribution in [0.1, 0.15) is 59.3 Å². The lowest BCUT2D eigenvalue weighted by atomic mass is 9.68. The van der Waals surface area contributed by atoms with Gasteiger partial charge in [-0.1, -0.05) is 20.8 Å². The van der Waals surface area contributed by atoms with E-state index in [1.54, 1.807) is 0 Å². The van der Waals surface area contributed by atoms with Crippen LogP contribution in [0, 0.1) is 16.7 Å². The van der Waals surface area contributed by atoms with E-state index in [0.29, 0.717) is 35.1 Å². The van der Waals surface area contributed by atoms with Crippen LogP contribution in [0.4, 0.5) is 0 Å². The average Bonchev–Trinajstić information content (AvgIpc) is 3.01. The molecule has 0 aromatic rings. The van der Waals surface area contributed by atoms with Crippen molar-refractivity contribution in [3.05, 3.63) is 0 Å². The first-order chi connectivity index (χ1) is 8.49. The van der Waals surface area contributed by atoms with E-state index in [-0.39, 0.29) is 0 Å². The van der Waals surface area contributed by atoms with Crippen LogP contribution in [-0.4, -0.2) is 24.3 Å². The van der Waals surface area contributed by atoms with Gasteiger partial charge in [0.25, 0.3) is 0 Å². The first-order valence-electron chi connectivity index (χ1n) is 7.90. The zero-order valence-corrected chi connectivity index (χ0v) is 12.0. The van der Waals surface area contributed by atoms with Gasteiger partial charge in [-0.25, -0.2) is 0 Å². The number of nitrogens with one attached hydrogen (secondary N) is 1. The molecule has 0 spiro atoms. The van der Waals surface area contributed by atoms with Crippen molar-refractivity contribution in [1.29, 1.82) is 0 Å². The molecule has 0 radical (unpaired) electrons. The van der Waals surface area contributed by atoms with Crippen LogP contribution >= 0.6 is 0 Å². The molecule has 2 heteroatoms. The summed E-state index contributed by atoms with van der Waals surface area (Å²) in [5, 5.41) is 4.05. The molecule has 6 atom stereocenters. The number of hydrogen-bond donors (Lipinski definition) is 1. The molecule has 2 nitrogen and oxygen atoms in total. The quantitative estimate of drug-likeness (QED) is 0.812. The first-order valence-corrected chi connectivity index (χ1v) is 7.90. The Bertz CT molecular complexity index is 361. The normalized spacial score (nSPS) is 56.5. The van der Waals surface area contributed by atoms with Crippen molar-refractivity contribution >= 4 is 0 Å². The highest BCUT2D eigenvalue weighted by molar-refractivity contribution is 5.13. The molecule has 1 N–H and O–H groups in total. The Morgan fingerprint density at radius 2 is 1.94 bits per heavy atom. The van der Waals surface area contributed by atoms with Gasteiger partial charge < -0.3 is 10.1 Å². The maximum Gasteiger partial charge on any atom is 0.0733 e. The number of ether oxygens (including phenoxy) is 1. The second kappa shape index (κ2) is 3.52. The fourth-order valence-corrected chi connectivity index (χ4v) is 5.75. The molecule has 4 bridgehead atoms. The highest BCUT2D eigenvalue weighted by Crippen LogP contribution is 2.62. The van der Waals surface area contributed by atoms with Crippen LogP contribution in [0.5, 0.6) is 0 Å². The Hall–Kier alpha value is -0.0800. The lowest BCUT2D eigenvalue weighted by Crippen LogP contribution is -2.55. The van der Waals surface area contributed by atoms with E-state index in [0.717, 1.165) is 5.92 Å². The lowest BCUT2D eigenvalue weighted by Gasteiger charge is -2.45. The first kappa shape index (κ1) is 11.7. The summed E-state index contributed by atoms with van der Waals surface area (Å²) in [6.07, 6.45) is 9.27. The van der Waals surface area contributed by atoms with Gasteiger partial charge in [0.15, 0.2) is 0 Å². The standard InChI is InChI=1S/C16H27NO/c1-15(2)10-6-7-16(3,9-10)14(15)17-12-8-11-4-5-13(12)18-11/h10-14,17H,4-9H2,1-3H3/t10-,11?,12?,13?,14?,16+/m0/s1. The molecular formula is C16H27NO. The van der Waals surface area contributed by atoms with Gasteiger partial charge in [0, 0.05) is 12.1 Å². The summed E-state index contributed by atoms with van der Waals surface area (Å²) in [6, 6.07) is 1.35. The predicted octanol–water partition coefficient (Wildman–Crippen LogP) is 3.11. The molecule has 0 aromatic carbocycles. The van der Waals surface area contributed by atoms with Crippen LogP contribution in [0.2, 0.25) is 0 Å². The van der Waals surface area contributed by atoms with Crippen LogP contribution < -0.4 is 5.32 Å². The van der Waals surface area contributed by atoms with Crippen LogP contribution in [0.3, 0.4) is 0 Å². The lowest BCUT2D eigenvalue weighted by molar-refractivity contribution is 0.0695. The SMILES string of the molecule is CC1(C)C(NC2CC3CCC2O3)[C@]2(C)CC[C@H]1C2. The number of hydrogen-bond acceptors (Lipinski definition) is 2. The molecule has 102 valence electrons. The monoisotopic (exact) mass is 249 g/mol. The summed E-state index contributed by atoms with van der Waals surface area (Å²) in [5.74, 6) is 0.944. The van der Waals surface area contributed by atoms with Crippen molar-refractivity contribution in [3.63, 3.8) is 0 Å². The third-order valence-electron chi connectivity index (χ3n) is 6.76. The summed E-state index contributed by atoms with van der Waals surface area (Å²) < 4.78 is 6.01. The zero-order chi connectivity index (χ0) is 12.5. The van der Waals surface area contributed by atoms with Crippen molar-refractivity contribution in [2.24, 2.45) is 16.7 Å². The Balaban J connectivity index is 1.54. The van der Waals surface area contributed by atoms with Gasteiger partial charge in [-0.05, 0) is 55.3 Å². The van der Waals surface area contributed by atoms with E-state index >= 15 is 0 Å². The minimum Gasteiger partial charge on any atom is -0.373 e. The van der Waals surface area contributed by atoms with Gasteiger partial charge in [-0.2, -0.15) is 0 Å². The molecular weight excluding hydrogens is 222 g/mol. The minimum absolute atomic E-state index is 0.481. The average molecular weight is 249 g/mol. The Morgan fingerprint density at radius 3 is 2.50 bits per heavy atom.